The van der Waals surface area contributed by atoms with Gasteiger partial charge < -0.3 is 5.32 Å². The molecule has 0 aliphatic carbocycles. The van der Waals surface area contributed by atoms with Gasteiger partial charge in [-0.1, -0.05) is 29.3 Å². The number of hydrogen-bond donors (Lipinski definition) is 1. The van der Waals surface area contributed by atoms with E-state index in [1.807, 2.05) is 0 Å². The third-order valence-electron chi connectivity index (χ3n) is 2.43. The highest BCUT2D eigenvalue weighted by molar-refractivity contribution is 9.10. The van der Waals surface area contributed by atoms with E-state index in [1.54, 1.807) is 30.3 Å². The van der Waals surface area contributed by atoms with E-state index in [-0.39, 0.29) is 5.82 Å². The summed E-state index contributed by atoms with van der Waals surface area (Å²) in [7, 11) is 0. The van der Waals surface area contributed by atoms with Crippen LogP contribution in [0, 0.1) is 5.82 Å². The van der Waals surface area contributed by atoms with Crippen molar-refractivity contribution < 1.29 is 4.39 Å². The van der Waals surface area contributed by atoms with Gasteiger partial charge >= 0.3 is 0 Å². The molecular formula is C13H9BrCl2FN. The fourth-order valence-corrected chi connectivity index (χ4v) is 2.39. The first-order valence-electron chi connectivity index (χ1n) is 5.20. The standard InChI is InChI=1S/C13H9BrCl2FN/c14-10-2-1-3-12(17)13(10)18-7-8-6-9(15)4-5-11(8)16/h1-6,18H,7H2. The molecule has 2 aromatic rings. The number of benzene rings is 2. The molecule has 94 valence electrons. The molecule has 18 heavy (non-hydrogen) atoms. The summed E-state index contributed by atoms with van der Waals surface area (Å²) in [6, 6.07) is 9.99. The molecule has 0 amide bonds. The highest BCUT2D eigenvalue weighted by Gasteiger charge is 2.07. The molecule has 2 rings (SSSR count). The van der Waals surface area contributed by atoms with Crippen LogP contribution in [-0.2, 0) is 6.54 Å². The van der Waals surface area contributed by atoms with Crippen molar-refractivity contribution in [1.29, 1.82) is 0 Å². The zero-order valence-corrected chi connectivity index (χ0v) is 12.3. The van der Waals surface area contributed by atoms with Crippen molar-refractivity contribution >= 4 is 44.8 Å². The molecule has 0 bridgehead atoms. The number of para-hydroxylation sites is 1. The van der Waals surface area contributed by atoms with Crippen LogP contribution in [0.4, 0.5) is 10.1 Å². The normalized spacial score (nSPS) is 10.4. The monoisotopic (exact) mass is 347 g/mol. The summed E-state index contributed by atoms with van der Waals surface area (Å²) in [5, 5.41) is 4.20. The average Bonchev–Trinajstić information content (AvgIpc) is 2.33. The SMILES string of the molecule is Fc1cccc(Br)c1NCc1cc(Cl)ccc1Cl. The first kappa shape index (κ1) is 13.7. The van der Waals surface area contributed by atoms with Crippen LogP contribution in [-0.4, -0.2) is 0 Å². The third kappa shape index (κ3) is 3.16. The van der Waals surface area contributed by atoms with E-state index in [4.69, 9.17) is 23.2 Å². The maximum atomic E-state index is 13.6. The zero-order valence-electron chi connectivity index (χ0n) is 9.18. The van der Waals surface area contributed by atoms with Gasteiger partial charge in [-0.25, -0.2) is 4.39 Å². The molecule has 1 N–H and O–H groups in total. The Morgan fingerprint density at radius 3 is 2.67 bits per heavy atom. The van der Waals surface area contributed by atoms with Gasteiger partial charge in [-0.3, -0.25) is 0 Å². The second-order valence-corrected chi connectivity index (χ2v) is 5.38. The van der Waals surface area contributed by atoms with Gasteiger partial charge in [-0.2, -0.15) is 0 Å². The highest BCUT2D eigenvalue weighted by Crippen LogP contribution is 2.27. The van der Waals surface area contributed by atoms with Gasteiger partial charge in [0, 0.05) is 21.1 Å². The predicted octanol–water partition coefficient (Wildman–Crippen LogP) is 5.51. The third-order valence-corrected chi connectivity index (χ3v) is 3.69. The predicted molar refractivity (Wildman–Crippen MR) is 77.9 cm³/mol. The van der Waals surface area contributed by atoms with Crippen LogP contribution in [0.5, 0.6) is 0 Å². The number of anilines is 1. The van der Waals surface area contributed by atoms with Crippen molar-refractivity contribution in [2.45, 2.75) is 6.54 Å². The van der Waals surface area contributed by atoms with E-state index in [0.717, 1.165) is 5.56 Å². The number of rotatable bonds is 3. The summed E-state index contributed by atoms with van der Waals surface area (Å²) < 4.78 is 14.2. The summed E-state index contributed by atoms with van der Waals surface area (Å²) in [5.41, 5.74) is 1.23. The van der Waals surface area contributed by atoms with Crippen molar-refractivity contribution in [3.8, 4) is 0 Å². The molecular weight excluding hydrogens is 340 g/mol. The molecule has 0 heterocycles. The van der Waals surface area contributed by atoms with E-state index >= 15 is 0 Å². The molecule has 0 unspecified atom stereocenters. The minimum Gasteiger partial charge on any atom is -0.378 e. The van der Waals surface area contributed by atoms with Crippen molar-refractivity contribution in [2.24, 2.45) is 0 Å². The van der Waals surface area contributed by atoms with Crippen LogP contribution < -0.4 is 5.32 Å². The van der Waals surface area contributed by atoms with Crippen LogP contribution >= 0.6 is 39.1 Å². The molecule has 0 fully saturated rings. The van der Waals surface area contributed by atoms with Crippen LogP contribution in [0.25, 0.3) is 0 Å². The lowest BCUT2D eigenvalue weighted by Crippen LogP contribution is -2.02. The number of hydrogen-bond acceptors (Lipinski definition) is 1. The average molecular weight is 349 g/mol. The molecule has 0 saturated heterocycles. The molecule has 0 spiro atoms. The van der Waals surface area contributed by atoms with Gasteiger partial charge in [-0.05, 0) is 51.8 Å². The smallest absolute Gasteiger partial charge is 0.147 e. The van der Waals surface area contributed by atoms with Crippen molar-refractivity contribution in [1.82, 2.24) is 0 Å². The van der Waals surface area contributed by atoms with Gasteiger partial charge in [0.05, 0.1) is 5.69 Å². The van der Waals surface area contributed by atoms with E-state index < -0.39 is 0 Å². The van der Waals surface area contributed by atoms with Gasteiger partial charge in [0.15, 0.2) is 0 Å². The van der Waals surface area contributed by atoms with E-state index in [9.17, 15) is 4.39 Å². The summed E-state index contributed by atoms with van der Waals surface area (Å²) in [6.07, 6.45) is 0. The Bertz CT molecular complexity index is 555. The Hall–Kier alpha value is -0.770. The number of nitrogens with one attached hydrogen (secondary N) is 1. The Kier molecular flexibility index (Phi) is 4.49. The summed E-state index contributed by atoms with van der Waals surface area (Å²) >= 11 is 15.2. The molecule has 0 aliphatic heterocycles. The van der Waals surface area contributed by atoms with Gasteiger partial charge in [0.25, 0.3) is 0 Å². The van der Waals surface area contributed by atoms with Crippen LogP contribution in [0.1, 0.15) is 5.56 Å². The van der Waals surface area contributed by atoms with Crippen molar-refractivity contribution in [2.75, 3.05) is 5.32 Å². The van der Waals surface area contributed by atoms with Gasteiger partial charge in [0.1, 0.15) is 5.82 Å². The topological polar surface area (TPSA) is 12.0 Å². The molecule has 0 aliphatic rings. The molecule has 0 radical (unpaired) electrons. The van der Waals surface area contributed by atoms with Crippen LogP contribution in [0.3, 0.4) is 0 Å². The van der Waals surface area contributed by atoms with Crippen LogP contribution in [0.15, 0.2) is 40.9 Å². The summed E-state index contributed by atoms with van der Waals surface area (Å²) in [6.45, 7) is 0.402. The molecule has 5 heteroatoms. The highest BCUT2D eigenvalue weighted by atomic mass is 79.9. The van der Waals surface area contributed by atoms with Crippen LogP contribution in [0.2, 0.25) is 10.0 Å². The number of halogens is 4. The lowest BCUT2D eigenvalue weighted by Gasteiger charge is -2.11. The molecule has 2 aromatic carbocycles. The molecule has 0 aromatic heterocycles. The first-order chi connectivity index (χ1) is 8.58. The summed E-state index contributed by atoms with van der Waals surface area (Å²) in [5.74, 6) is -0.317. The molecule has 0 atom stereocenters. The maximum absolute atomic E-state index is 13.6. The lowest BCUT2D eigenvalue weighted by molar-refractivity contribution is 0.629. The Morgan fingerprint density at radius 1 is 1.17 bits per heavy atom. The molecule has 0 saturated carbocycles. The Morgan fingerprint density at radius 2 is 1.94 bits per heavy atom. The van der Waals surface area contributed by atoms with E-state index in [2.05, 4.69) is 21.2 Å². The quantitative estimate of drug-likeness (QED) is 0.771. The summed E-state index contributed by atoms with van der Waals surface area (Å²) in [4.78, 5) is 0. The van der Waals surface area contributed by atoms with Gasteiger partial charge in [0.2, 0.25) is 0 Å². The fraction of sp³-hybridized carbons (Fsp3) is 0.0769. The van der Waals surface area contributed by atoms with E-state index in [1.165, 1.54) is 6.07 Å². The largest absolute Gasteiger partial charge is 0.378 e. The van der Waals surface area contributed by atoms with Gasteiger partial charge in [-0.15, -0.1) is 0 Å². The first-order valence-corrected chi connectivity index (χ1v) is 6.74. The molecule has 1 nitrogen and oxygen atoms in total. The van der Waals surface area contributed by atoms with Crippen molar-refractivity contribution in [3.05, 3.63) is 62.3 Å². The zero-order chi connectivity index (χ0) is 13.1. The second kappa shape index (κ2) is 5.91. The Balaban J connectivity index is 2.19. The second-order valence-electron chi connectivity index (χ2n) is 3.69. The fourth-order valence-electron chi connectivity index (χ4n) is 1.53. The minimum absolute atomic E-state index is 0.317. The minimum atomic E-state index is -0.317. The Labute approximate surface area is 123 Å². The lowest BCUT2D eigenvalue weighted by atomic mass is 10.2. The maximum Gasteiger partial charge on any atom is 0.147 e. The van der Waals surface area contributed by atoms with E-state index in [0.29, 0.717) is 26.8 Å². The van der Waals surface area contributed by atoms with Crippen molar-refractivity contribution in [3.63, 3.8) is 0 Å².